The van der Waals surface area contributed by atoms with E-state index in [4.69, 9.17) is 0 Å². The second-order valence-electron chi connectivity index (χ2n) is 6.72. The molecule has 0 amide bonds. The van der Waals surface area contributed by atoms with Crippen LogP contribution < -0.4 is 10.2 Å². The summed E-state index contributed by atoms with van der Waals surface area (Å²) >= 11 is 0. The standard InChI is InChI=1S/C19H26N6O2/c1-4-8-24(12-26)19-22-17(20-10-14-6-5-7-15(27)9-14)16-18(23-19)25(11-21-16)13(2)3/h5-7,9,11,13,26-27H,4,8,10,12H2,1-3H3,(H,20,22,23). The van der Waals surface area contributed by atoms with E-state index in [9.17, 15) is 10.2 Å². The molecular formula is C19H26N6O2. The molecule has 0 aliphatic carbocycles. The second-order valence-corrected chi connectivity index (χ2v) is 6.72. The summed E-state index contributed by atoms with van der Waals surface area (Å²) in [5.41, 5.74) is 2.34. The van der Waals surface area contributed by atoms with Crippen LogP contribution in [-0.2, 0) is 6.54 Å². The number of imidazole rings is 1. The predicted octanol–water partition coefficient (Wildman–Crippen LogP) is 2.89. The van der Waals surface area contributed by atoms with Crippen LogP contribution in [0, 0.1) is 0 Å². The maximum absolute atomic E-state index is 9.72. The third kappa shape index (κ3) is 4.11. The Labute approximate surface area is 158 Å². The zero-order valence-corrected chi connectivity index (χ0v) is 15.9. The van der Waals surface area contributed by atoms with Crippen molar-refractivity contribution in [3.63, 3.8) is 0 Å². The highest BCUT2D eigenvalue weighted by Gasteiger charge is 2.17. The number of hydrogen-bond acceptors (Lipinski definition) is 7. The van der Waals surface area contributed by atoms with E-state index in [1.54, 1.807) is 29.4 Å². The number of aliphatic hydroxyl groups is 1. The summed E-state index contributed by atoms with van der Waals surface area (Å²) in [5, 5.41) is 22.7. The van der Waals surface area contributed by atoms with Crippen LogP contribution in [0.2, 0.25) is 0 Å². The van der Waals surface area contributed by atoms with E-state index in [2.05, 4.69) is 34.1 Å². The molecule has 1 aromatic carbocycles. The van der Waals surface area contributed by atoms with E-state index in [0.717, 1.165) is 17.6 Å². The van der Waals surface area contributed by atoms with Crippen molar-refractivity contribution in [2.24, 2.45) is 0 Å². The van der Waals surface area contributed by atoms with Gasteiger partial charge in [-0.25, -0.2) is 4.98 Å². The zero-order chi connectivity index (χ0) is 19.4. The summed E-state index contributed by atoms with van der Waals surface area (Å²) in [6.45, 7) is 7.17. The summed E-state index contributed by atoms with van der Waals surface area (Å²) in [6, 6.07) is 7.27. The number of nitrogens with zero attached hydrogens (tertiary/aromatic N) is 5. The lowest BCUT2D eigenvalue weighted by molar-refractivity contribution is 0.288. The van der Waals surface area contributed by atoms with Gasteiger partial charge in [-0.05, 0) is 38.0 Å². The highest BCUT2D eigenvalue weighted by molar-refractivity contribution is 5.84. The number of phenolic OH excluding ortho intramolecular Hbond substituents is 1. The van der Waals surface area contributed by atoms with Gasteiger partial charge < -0.3 is 25.0 Å². The summed E-state index contributed by atoms with van der Waals surface area (Å²) in [7, 11) is 0. The Morgan fingerprint density at radius 3 is 2.74 bits per heavy atom. The number of phenols is 1. The lowest BCUT2D eigenvalue weighted by Crippen LogP contribution is -2.27. The molecule has 0 saturated carbocycles. The molecule has 3 rings (SSSR count). The highest BCUT2D eigenvalue weighted by Crippen LogP contribution is 2.25. The minimum absolute atomic E-state index is 0.152. The monoisotopic (exact) mass is 370 g/mol. The van der Waals surface area contributed by atoms with E-state index >= 15 is 0 Å². The van der Waals surface area contributed by atoms with Crippen LogP contribution in [0.15, 0.2) is 30.6 Å². The first-order valence-corrected chi connectivity index (χ1v) is 9.15. The maximum Gasteiger partial charge on any atom is 0.231 e. The fourth-order valence-corrected chi connectivity index (χ4v) is 2.90. The first kappa shape index (κ1) is 18.9. The van der Waals surface area contributed by atoms with Gasteiger partial charge in [-0.1, -0.05) is 19.1 Å². The largest absolute Gasteiger partial charge is 0.508 e. The lowest BCUT2D eigenvalue weighted by Gasteiger charge is -2.20. The number of fused-ring (bicyclic) bond motifs is 1. The van der Waals surface area contributed by atoms with E-state index in [1.807, 2.05) is 17.6 Å². The van der Waals surface area contributed by atoms with Crippen LogP contribution in [0.4, 0.5) is 11.8 Å². The van der Waals surface area contributed by atoms with E-state index in [-0.39, 0.29) is 18.5 Å². The summed E-state index contributed by atoms with van der Waals surface area (Å²) in [6.07, 6.45) is 2.63. The van der Waals surface area contributed by atoms with Gasteiger partial charge in [0.2, 0.25) is 5.95 Å². The molecule has 0 fully saturated rings. The van der Waals surface area contributed by atoms with Crippen molar-refractivity contribution in [1.29, 1.82) is 0 Å². The van der Waals surface area contributed by atoms with Crippen molar-refractivity contribution in [3.05, 3.63) is 36.2 Å². The van der Waals surface area contributed by atoms with Crippen molar-refractivity contribution < 1.29 is 10.2 Å². The van der Waals surface area contributed by atoms with Gasteiger partial charge in [0.15, 0.2) is 17.0 Å². The van der Waals surface area contributed by atoms with Gasteiger partial charge in [0, 0.05) is 19.1 Å². The van der Waals surface area contributed by atoms with Crippen LogP contribution in [0.25, 0.3) is 11.2 Å². The van der Waals surface area contributed by atoms with Gasteiger partial charge in [0.05, 0.1) is 6.33 Å². The number of anilines is 2. The molecule has 0 saturated heterocycles. The molecule has 3 N–H and O–H groups in total. The van der Waals surface area contributed by atoms with E-state index < -0.39 is 0 Å². The molecular weight excluding hydrogens is 344 g/mol. The number of aromatic hydroxyl groups is 1. The Kier molecular flexibility index (Phi) is 5.75. The molecule has 144 valence electrons. The molecule has 8 heteroatoms. The Hall–Kier alpha value is -2.87. The van der Waals surface area contributed by atoms with Crippen molar-refractivity contribution in [1.82, 2.24) is 19.5 Å². The van der Waals surface area contributed by atoms with E-state index in [1.165, 1.54) is 0 Å². The number of benzene rings is 1. The zero-order valence-electron chi connectivity index (χ0n) is 15.9. The van der Waals surface area contributed by atoms with Crippen LogP contribution in [0.1, 0.15) is 38.8 Å². The second kappa shape index (κ2) is 8.22. The molecule has 27 heavy (non-hydrogen) atoms. The van der Waals surface area contributed by atoms with Crippen molar-refractivity contribution in [3.8, 4) is 5.75 Å². The molecule has 0 spiro atoms. The van der Waals surface area contributed by atoms with Crippen molar-refractivity contribution in [2.45, 2.75) is 39.8 Å². The summed E-state index contributed by atoms with van der Waals surface area (Å²) in [4.78, 5) is 15.5. The third-order valence-electron chi connectivity index (χ3n) is 4.28. The van der Waals surface area contributed by atoms with Crippen molar-refractivity contribution >= 4 is 22.9 Å². The Balaban J connectivity index is 2.01. The van der Waals surface area contributed by atoms with Gasteiger partial charge in [-0.2, -0.15) is 9.97 Å². The van der Waals surface area contributed by atoms with E-state index in [0.29, 0.717) is 30.4 Å². The SMILES string of the molecule is CCCN(CO)c1nc(NCc2cccc(O)c2)c2ncn(C(C)C)c2n1. The van der Waals surface area contributed by atoms with Gasteiger partial charge in [-0.3, -0.25) is 0 Å². The van der Waals surface area contributed by atoms with Crippen LogP contribution >= 0.6 is 0 Å². The number of aromatic nitrogens is 4. The molecule has 0 bridgehead atoms. The number of hydrogen-bond donors (Lipinski definition) is 3. The molecule has 8 nitrogen and oxygen atoms in total. The van der Waals surface area contributed by atoms with Gasteiger partial charge in [-0.15, -0.1) is 0 Å². The number of rotatable bonds is 8. The third-order valence-corrected chi connectivity index (χ3v) is 4.28. The smallest absolute Gasteiger partial charge is 0.231 e. The molecule has 3 aromatic rings. The molecule has 2 aromatic heterocycles. The fraction of sp³-hybridized carbons (Fsp3) is 0.421. The average molecular weight is 370 g/mol. The van der Waals surface area contributed by atoms with Crippen LogP contribution in [0.5, 0.6) is 5.75 Å². The van der Waals surface area contributed by atoms with Gasteiger partial charge >= 0.3 is 0 Å². The highest BCUT2D eigenvalue weighted by atomic mass is 16.3. The van der Waals surface area contributed by atoms with Crippen LogP contribution in [-0.4, -0.2) is 43.0 Å². The molecule has 0 aliphatic heterocycles. The molecule has 2 heterocycles. The summed E-state index contributed by atoms with van der Waals surface area (Å²) < 4.78 is 1.99. The predicted molar refractivity (Wildman–Crippen MR) is 106 cm³/mol. The minimum atomic E-state index is -0.152. The maximum atomic E-state index is 9.72. The average Bonchev–Trinajstić information content (AvgIpc) is 3.08. The van der Waals surface area contributed by atoms with Crippen molar-refractivity contribution in [2.75, 3.05) is 23.5 Å². The molecule has 0 aliphatic rings. The quantitative estimate of drug-likeness (QED) is 0.524. The molecule has 0 radical (unpaired) electrons. The topological polar surface area (TPSA) is 99.3 Å². The summed E-state index contributed by atoms with van der Waals surface area (Å²) in [5.74, 6) is 1.29. The fourth-order valence-electron chi connectivity index (χ4n) is 2.90. The Morgan fingerprint density at radius 2 is 2.07 bits per heavy atom. The Morgan fingerprint density at radius 1 is 1.26 bits per heavy atom. The van der Waals surface area contributed by atoms with Crippen LogP contribution in [0.3, 0.4) is 0 Å². The number of aliphatic hydroxyl groups excluding tert-OH is 1. The lowest BCUT2D eigenvalue weighted by atomic mass is 10.2. The first-order valence-electron chi connectivity index (χ1n) is 9.15. The van der Waals surface area contributed by atoms with Gasteiger partial charge in [0.1, 0.15) is 12.5 Å². The Bertz CT molecular complexity index is 908. The number of nitrogens with one attached hydrogen (secondary N) is 1. The molecule has 0 unspecified atom stereocenters. The molecule has 0 atom stereocenters. The first-order chi connectivity index (χ1) is 13.0. The van der Waals surface area contributed by atoms with Gasteiger partial charge in [0.25, 0.3) is 0 Å². The normalized spacial score (nSPS) is 11.3. The minimum Gasteiger partial charge on any atom is -0.508 e.